The van der Waals surface area contributed by atoms with Crippen LogP contribution in [0.3, 0.4) is 0 Å². The summed E-state index contributed by atoms with van der Waals surface area (Å²) in [5.74, 6) is 0.654. The van der Waals surface area contributed by atoms with Gasteiger partial charge in [0.25, 0.3) is 5.69 Å². The standard InChI is InChI=1S/C10H11ClN2O2/c11-8-2-1-3-9(13(14)15)10(8)12-6-7-4-5-7/h1-3,7,12H,4-6H2. The Morgan fingerprint density at radius 3 is 2.87 bits per heavy atom. The van der Waals surface area contributed by atoms with Crippen LogP contribution in [0.25, 0.3) is 0 Å². The quantitative estimate of drug-likeness (QED) is 0.634. The molecule has 1 aliphatic carbocycles. The van der Waals surface area contributed by atoms with E-state index >= 15 is 0 Å². The van der Waals surface area contributed by atoms with Gasteiger partial charge in [-0.1, -0.05) is 17.7 Å². The summed E-state index contributed by atoms with van der Waals surface area (Å²) >= 11 is 5.91. The lowest BCUT2D eigenvalue weighted by Gasteiger charge is -2.07. The average Bonchev–Trinajstić information content (AvgIpc) is 2.99. The van der Waals surface area contributed by atoms with Crippen molar-refractivity contribution in [1.82, 2.24) is 0 Å². The Morgan fingerprint density at radius 2 is 2.27 bits per heavy atom. The lowest BCUT2D eigenvalue weighted by Crippen LogP contribution is -2.06. The van der Waals surface area contributed by atoms with E-state index in [1.54, 1.807) is 12.1 Å². The predicted octanol–water partition coefficient (Wildman–Crippen LogP) is 3.07. The molecule has 0 aromatic heterocycles. The molecule has 0 saturated heterocycles. The van der Waals surface area contributed by atoms with Gasteiger partial charge in [-0.3, -0.25) is 10.1 Å². The van der Waals surface area contributed by atoms with Crippen LogP contribution in [0, 0.1) is 16.0 Å². The largest absolute Gasteiger partial charge is 0.378 e. The summed E-state index contributed by atoms with van der Waals surface area (Å²) in [7, 11) is 0. The van der Waals surface area contributed by atoms with Crippen molar-refractivity contribution < 1.29 is 4.92 Å². The first-order valence-electron chi connectivity index (χ1n) is 4.85. The Hall–Kier alpha value is -1.29. The number of benzene rings is 1. The second-order valence-corrected chi connectivity index (χ2v) is 4.12. The second-order valence-electron chi connectivity index (χ2n) is 3.72. The molecule has 0 heterocycles. The van der Waals surface area contributed by atoms with Gasteiger partial charge in [0, 0.05) is 12.6 Å². The number of halogens is 1. The molecule has 5 heteroatoms. The van der Waals surface area contributed by atoms with E-state index in [-0.39, 0.29) is 5.69 Å². The minimum atomic E-state index is -0.416. The molecule has 0 spiro atoms. The first kappa shape index (κ1) is 10.2. The highest BCUT2D eigenvalue weighted by Gasteiger charge is 2.23. The van der Waals surface area contributed by atoms with E-state index in [9.17, 15) is 10.1 Å². The molecule has 0 amide bonds. The van der Waals surface area contributed by atoms with Gasteiger partial charge >= 0.3 is 0 Å². The first-order valence-corrected chi connectivity index (χ1v) is 5.23. The van der Waals surface area contributed by atoms with Gasteiger partial charge in [0.05, 0.1) is 9.95 Å². The van der Waals surface area contributed by atoms with Crippen LogP contribution >= 0.6 is 11.6 Å². The summed E-state index contributed by atoms with van der Waals surface area (Å²) in [4.78, 5) is 10.3. The average molecular weight is 227 g/mol. The fourth-order valence-corrected chi connectivity index (χ4v) is 1.64. The number of nitrogens with zero attached hydrogens (tertiary/aromatic N) is 1. The van der Waals surface area contributed by atoms with E-state index in [0.29, 0.717) is 16.6 Å². The molecule has 0 bridgehead atoms. The van der Waals surface area contributed by atoms with Gasteiger partial charge in [0.15, 0.2) is 0 Å². The highest BCUT2D eigenvalue weighted by atomic mass is 35.5. The van der Waals surface area contributed by atoms with Crippen LogP contribution in [0.1, 0.15) is 12.8 Å². The number of hydrogen-bond acceptors (Lipinski definition) is 3. The maximum Gasteiger partial charge on any atom is 0.293 e. The maximum absolute atomic E-state index is 10.7. The van der Waals surface area contributed by atoms with Crippen LogP contribution in [-0.4, -0.2) is 11.5 Å². The minimum absolute atomic E-state index is 0.0446. The predicted molar refractivity (Wildman–Crippen MR) is 59.3 cm³/mol. The topological polar surface area (TPSA) is 55.2 Å². The molecule has 4 nitrogen and oxygen atoms in total. The molecular weight excluding hydrogens is 216 g/mol. The highest BCUT2D eigenvalue weighted by molar-refractivity contribution is 6.33. The van der Waals surface area contributed by atoms with Crippen molar-refractivity contribution in [1.29, 1.82) is 0 Å². The summed E-state index contributed by atoms with van der Waals surface area (Å²) in [5.41, 5.74) is 0.485. The maximum atomic E-state index is 10.7. The molecule has 0 atom stereocenters. The lowest BCUT2D eigenvalue weighted by molar-refractivity contribution is -0.383. The number of anilines is 1. The van der Waals surface area contributed by atoms with E-state index < -0.39 is 4.92 Å². The number of nitro benzene ring substituents is 1. The van der Waals surface area contributed by atoms with Crippen LogP contribution < -0.4 is 5.32 Å². The molecule has 1 N–H and O–H groups in total. The Kier molecular flexibility index (Phi) is 2.77. The molecule has 1 aliphatic rings. The third kappa shape index (κ3) is 2.39. The zero-order valence-electron chi connectivity index (χ0n) is 8.07. The fraction of sp³-hybridized carbons (Fsp3) is 0.400. The second kappa shape index (κ2) is 4.06. The lowest BCUT2D eigenvalue weighted by atomic mass is 10.2. The molecule has 15 heavy (non-hydrogen) atoms. The van der Waals surface area contributed by atoms with Crippen molar-refractivity contribution in [3.8, 4) is 0 Å². The Labute approximate surface area is 92.4 Å². The molecule has 0 unspecified atom stereocenters. The van der Waals surface area contributed by atoms with Crippen LogP contribution in [-0.2, 0) is 0 Å². The molecule has 80 valence electrons. The fourth-order valence-electron chi connectivity index (χ4n) is 1.41. The van der Waals surface area contributed by atoms with E-state index in [1.165, 1.54) is 18.9 Å². The third-order valence-electron chi connectivity index (χ3n) is 2.45. The van der Waals surface area contributed by atoms with Gasteiger partial charge < -0.3 is 5.32 Å². The van der Waals surface area contributed by atoms with Crippen molar-refractivity contribution in [2.24, 2.45) is 5.92 Å². The van der Waals surface area contributed by atoms with Gasteiger partial charge in [-0.05, 0) is 24.8 Å². The van der Waals surface area contributed by atoms with Crippen molar-refractivity contribution in [2.45, 2.75) is 12.8 Å². The number of nitrogens with one attached hydrogen (secondary N) is 1. The van der Waals surface area contributed by atoms with E-state index in [2.05, 4.69) is 5.32 Å². The number of rotatable bonds is 4. The Bertz CT molecular complexity index is 391. The molecule has 1 aromatic rings. The van der Waals surface area contributed by atoms with E-state index in [4.69, 9.17) is 11.6 Å². The van der Waals surface area contributed by atoms with Crippen LogP contribution in [0.4, 0.5) is 11.4 Å². The van der Waals surface area contributed by atoms with Gasteiger partial charge in [0.2, 0.25) is 0 Å². The van der Waals surface area contributed by atoms with E-state index in [1.807, 2.05) is 0 Å². The van der Waals surface area contributed by atoms with Gasteiger partial charge in [-0.2, -0.15) is 0 Å². The van der Waals surface area contributed by atoms with Gasteiger partial charge in [-0.25, -0.2) is 0 Å². The zero-order chi connectivity index (χ0) is 10.8. The van der Waals surface area contributed by atoms with Gasteiger partial charge in [-0.15, -0.1) is 0 Å². The summed E-state index contributed by atoms with van der Waals surface area (Å²) in [6, 6.07) is 4.70. The summed E-state index contributed by atoms with van der Waals surface area (Å²) < 4.78 is 0. The smallest absolute Gasteiger partial charge is 0.293 e. The third-order valence-corrected chi connectivity index (χ3v) is 2.77. The zero-order valence-corrected chi connectivity index (χ0v) is 8.83. The number of hydrogen-bond donors (Lipinski definition) is 1. The van der Waals surface area contributed by atoms with Crippen molar-refractivity contribution in [3.05, 3.63) is 33.3 Å². The van der Waals surface area contributed by atoms with Crippen molar-refractivity contribution >= 4 is 23.0 Å². The van der Waals surface area contributed by atoms with Crippen molar-refractivity contribution in [3.63, 3.8) is 0 Å². The van der Waals surface area contributed by atoms with Crippen LogP contribution in [0.5, 0.6) is 0 Å². The minimum Gasteiger partial charge on any atom is -0.378 e. The van der Waals surface area contributed by atoms with E-state index in [0.717, 1.165) is 6.54 Å². The number of para-hydroxylation sites is 1. The Balaban J connectivity index is 2.20. The summed E-state index contributed by atoms with van der Waals surface area (Å²) in [6.07, 6.45) is 2.40. The first-order chi connectivity index (χ1) is 7.18. The monoisotopic (exact) mass is 226 g/mol. The van der Waals surface area contributed by atoms with Crippen LogP contribution in [0.15, 0.2) is 18.2 Å². The molecule has 2 rings (SSSR count). The molecule has 1 fully saturated rings. The highest BCUT2D eigenvalue weighted by Crippen LogP contribution is 2.34. The number of nitro groups is 1. The van der Waals surface area contributed by atoms with Gasteiger partial charge in [0.1, 0.15) is 5.69 Å². The summed E-state index contributed by atoms with van der Waals surface area (Å²) in [5, 5.41) is 14.2. The normalized spacial score (nSPS) is 15.0. The molecule has 0 aliphatic heterocycles. The summed E-state index contributed by atoms with van der Waals surface area (Å²) in [6.45, 7) is 0.768. The van der Waals surface area contributed by atoms with Crippen LogP contribution in [0.2, 0.25) is 5.02 Å². The molecular formula is C10H11ClN2O2. The SMILES string of the molecule is O=[N+]([O-])c1cccc(Cl)c1NCC1CC1. The molecule has 0 radical (unpaired) electrons. The molecule has 1 aromatic carbocycles. The van der Waals surface area contributed by atoms with Crippen molar-refractivity contribution in [2.75, 3.05) is 11.9 Å². The Morgan fingerprint density at radius 1 is 1.53 bits per heavy atom. The molecule has 1 saturated carbocycles.